The first kappa shape index (κ1) is 24.2. The molecule has 1 unspecified atom stereocenters. The molecule has 8 nitrogen and oxygen atoms in total. The first-order valence-corrected chi connectivity index (χ1v) is 12.0. The summed E-state index contributed by atoms with van der Waals surface area (Å²) in [5.41, 5.74) is 1.80. The van der Waals surface area contributed by atoms with E-state index in [1.165, 1.54) is 12.0 Å². The second kappa shape index (κ2) is 10.3. The van der Waals surface area contributed by atoms with Crippen molar-refractivity contribution in [2.45, 2.75) is 19.5 Å². The van der Waals surface area contributed by atoms with Crippen LogP contribution >= 0.6 is 0 Å². The van der Waals surface area contributed by atoms with Gasteiger partial charge in [-0.25, -0.2) is 0 Å². The van der Waals surface area contributed by atoms with Gasteiger partial charge in [-0.2, -0.15) is 0 Å². The number of aliphatic hydroxyl groups is 1. The van der Waals surface area contributed by atoms with Crippen molar-refractivity contribution in [2.75, 3.05) is 26.9 Å². The van der Waals surface area contributed by atoms with Crippen LogP contribution in [0.2, 0.25) is 0 Å². The fourth-order valence-electron chi connectivity index (χ4n) is 4.64. The van der Waals surface area contributed by atoms with Gasteiger partial charge in [-0.15, -0.1) is 0 Å². The van der Waals surface area contributed by atoms with E-state index < -0.39 is 17.7 Å². The van der Waals surface area contributed by atoms with Crippen LogP contribution in [0.5, 0.6) is 23.0 Å². The van der Waals surface area contributed by atoms with Crippen molar-refractivity contribution in [1.82, 2.24) is 4.90 Å². The molecule has 0 aromatic heterocycles. The van der Waals surface area contributed by atoms with Crippen LogP contribution in [-0.2, 0) is 16.1 Å². The third-order valence-electron chi connectivity index (χ3n) is 6.35. The number of ketones is 1. The number of carbonyl (C=O) groups excluding carboxylic acids is 2. The first-order valence-electron chi connectivity index (χ1n) is 12.0. The van der Waals surface area contributed by atoms with Gasteiger partial charge < -0.3 is 29.0 Å². The molecule has 0 saturated carbocycles. The average molecular weight is 502 g/mol. The molecule has 190 valence electrons. The first-order chi connectivity index (χ1) is 18.0. The highest BCUT2D eigenvalue weighted by atomic mass is 16.6. The summed E-state index contributed by atoms with van der Waals surface area (Å²) in [5.74, 6) is 0.281. The molecule has 2 aliphatic rings. The molecule has 0 radical (unpaired) electrons. The molecule has 0 spiro atoms. The Bertz CT molecular complexity index is 1370. The van der Waals surface area contributed by atoms with Crippen molar-refractivity contribution in [1.29, 1.82) is 0 Å². The van der Waals surface area contributed by atoms with Crippen molar-refractivity contribution in [3.63, 3.8) is 0 Å². The summed E-state index contributed by atoms with van der Waals surface area (Å²) in [6.07, 6.45) is 0. The molecule has 0 aliphatic carbocycles. The predicted molar refractivity (Wildman–Crippen MR) is 136 cm³/mol. The zero-order valence-electron chi connectivity index (χ0n) is 20.6. The van der Waals surface area contributed by atoms with Gasteiger partial charge in [0.05, 0.1) is 25.3 Å². The maximum atomic E-state index is 13.4. The third-order valence-corrected chi connectivity index (χ3v) is 6.35. The SMILES string of the molecule is CCOc1ccc(C2/C(=C(/O)c3ccc4c(c3)OCCO4)C(=O)C(=O)N2Cc2ccccc2)cc1OC. The monoisotopic (exact) mass is 501 g/mol. The number of Topliss-reactive ketones (excluding diaryl/α,β-unsaturated/α-hetero) is 1. The number of likely N-dealkylation sites (tertiary alicyclic amines) is 1. The van der Waals surface area contributed by atoms with Crippen LogP contribution in [0.3, 0.4) is 0 Å². The van der Waals surface area contributed by atoms with Gasteiger partial charge in [0.15, 0.2) is 23.0 Å². The van der Waals surface area contributed by atoms with Crippen molar-refractivity contribution in [3.8, 4) is 23.0 Å². The molecule has 0 bridgehead atoms. The Morgan fingerprint density at radius 1 is 0.973 bits per heavy atom. The van der Waals surface area contributed by atoms with Crippen LogP contribution in [0.25, 0.3) is 5.76 Å². The van der Waals surface area contributed by atoms with E-state index in [0.29, 0.717) is 53.9 Å². The van der Waals surface area contributed by atoms with Gasteiger partial charge in [0.2, 0.25) is 0 Å². The predicted octanol–water partition coefficient (Wildman–Crippen LogP) is 4.49. The van der Waals surface area contributed by atoms with Gasteiger partial charge in [-0.1, -0.05) is 36.4 Å². The minimum absolute atomic E-state index is 0.0104. The van der Waals surface area contributed by atoms with E-state index in [0.717, 1.165) is 5.56 Å². The summed E-state index contributed by atoms with van der Waals surface area (Å²) < 4.78 is 22.4. The molecule has 5 rings (SSSR count). The zero-order chi connectivity index (χ0) is 25.9. The van der Waals surface area contributed by atoms with Gasteiger partial charge >= 0.3 is 0 Å². The number of hydrogen-bond acceptors (Lipinski definition) is 7. The summed E-state index contributed by atoms with van der Waals surface area (Å²) in [5, 5.41) is 11.4. The highest BCUT2D eigenvalue weighted by Crippen LogP contribution is 2.43. The Labute approximate surface area is 214 Å². The normalized spacial score (nSPS) is 18.1. The van der Waals surface area contributed by atoms with Crippen LogP contribution in [0.15, 0.2) is 72.3 Å². The highest BCUT2D eigenvalue weighted by Gasteiger charge is 2.46. The number of nitrogens with zero attached hydrogens (tertiary/aromatic N) is 1. The molecule has 1 fully saturated rings. The summed E-state index contributed by atoms with van der Waals surface area (Å²) in [6.45, 7) is 3.32. The second-order valence-electron chi connectivity index (χ2n) is 8.61. The van der Waals surface area contributed by atoms with Crippen LogP contribution < -0.4 is 18.9 Å². The lowest BCUT2D eigenvalue weighted by Crippen LogP contribution is -2.29. The number of aliphatic hydroxyl groups excluding tert-OH is 1. The van der Waals surface area contributed by atoms with Gasteiger partial charge in [0, 0.05) is 12.1 Å². The number of methoxy groups -OCH3 is 1. The molecule has 8 heteroatoms. The van der Waals surface area contributed by atoms with E-state index in [2.05, 4.69) is 0 Å². The zero-order valence-corrected chi connectivity index (χ0v) is 20.6. The fourth-order valence-corrected chi connectivity index (χ4v) is 4.64. The molecule has 3 aromatic carbocycles. The summed E-state index contributed by atoms with van der Waals surface area (Å²) in [4.78, 5) is 28.2. The van der Waals surface area contributed by atoms with Crippen LogP contribution in [-0.4, -0.2) is 48.6 Å². The Hall–Kier alpha value is -4.46. The molecule has 1 N–H and O–H groups in total. The Balaban J connectivity index is 1.65. The molecule has 37 heavy (non-hydrogen) atoms. The number of ether oxygens (including phenoxy) is 4. The summed E-state index contributed by atoms with van der Waals surface area (Å²) >= 11 is 0. The van der Waals surface area contributed by atoms with E-state index >= 15 is 0 Å². The van der Waals surface area contributed by atoms with Crippen LogP contribution in [0, 0.1) is 0 Å². The van der Waals surface area contributed by atoms with E-state index in [4.69, 9.17) is 18.9 Å². The number of amides is 1. The maximum absolute atomic E-state index is 13.4. The molecular formula is C29H27NO7. The number of fused-ring (bicyclic) bond motifs is 1. The second-order valence-corrected chi connectivity index (χ2v) is 8.61. The topological polar surface area (TPSA) is 94.5 Å². The van der Waals surface area contributed by atoms with Gasteiger partial charge in [0.1, 0.15) is 19.0 Å². The van der Waals surface area contributed by atoms with Crippen LogP contribution in [0.1, 0.15) is 29.7 Å². The molecule has 2 heterocycles. The average Bonchev–Trinajstić information content (AvgIpc) is 3.18. The smallest absolute Gasteiger partial charge is 0.295 e. The number of benzene rings is 3. The molecule has 1 saturated heterocycles. The number of rotatable bonds is 7. The van der Waals surface area contributed by atoms with Crippen molar-refractivity contribution in [3.05, 3.63) is 89.0 Å². The third kappa shape index (κ3) is 4.58. The lowest BCUT2D eigenvalue weighted by atomic mass is 9.94. The summed E-state index contributed by atoms with van der Waals surface area (Å²) in [6, 6.07) is 18.7. The van der Waals surface area contributed by atoms with E-state index in [1.807, 2.05) is 37.3 Å². The quantitative estimate of drug-likeness (QED) is 0.290. The highest BCUT2D eigenvalue weighted by molar-refractivity contribution is 6.46. The fraction of sp³-hybridized carbons (Fsp3) is 0.241. The molecule has 2 aliphatic heterocycles. The lowest BCUT2D eigenvalue weighted by Gasteiger charge is -2.26. The van der Waals surface area contributed by atoms with Gasteiger partial charge in [0.25, 0.3) is 11.7 Å². The molecular weight excluding hydrogens is 474 g/mol. The van der Waals surface area contributed by atoms with Crippen molar-refractivity contribution < 1.29 is 33.6 Å². The lowest BCUT2D eigenvalue weighted by molar-refractivity contribution is -0.140. The molecule has 1 amide bonds. The van der Waals surface area contributed by atoms with E-state index in [9.17, 15) is 14.7 Å². The van der Waals surface area contributed by atoms with Crippen LogP contribution in [0.4, 0.5) is 0 Å². The Morgan fingerprint density at radius 2 is 1.73 bits per heavy atom. The summed E-state index contributed by atoms with van der Waals surface area (Å²) in [7, 11) is 1.53. The number of hydrogen-bond donors (Lipinski definition) is 1. The minimum Gasteiger partial charge on any atom is -0.507 e. The Morgan fingerprint density at radius 3 is 2.46 bits per heavy atom. The standard InChI is InChI=1S/C29H27NO7/c1-3-35-21-11-9-19(15-23(21)34-2)26-25(27(31)20-10-12-22-24(16-20)37-14-13-36-22)28(32)29(33)30(26)17-18-7-5-4-6-8-18/h4-12,15-16,26,31H,3,13-14,17H2,1-2H3/b27-25-. The van der Waals surface area contributed by atoms with E-state index in [1.54, 1.807) is 36.4 Å². The molecule has 3 aromatic rings. The Kier molecular flexibility index (Phi) is 6.72. The minimum atomic E-state index is -0.849. The van der Waals surface area contributed by atoms with E-state index in [-0.39, 0.29) is 17.9 Å². The van der Waals surface area contributed by atoms with Crippen molar-refractivity contribution >= 4 is 17.4 Å². The maximum Gasteiger partial charge on any atom is 0.295 e. The van der Waals surface area contributed by atoms with Crippen molar-refractivity contribution in [2.24, 2.45) is 0 Å². The molecule has 1 atom stereocenters. The van der Waals surface area contributed by atoms with Gasteiger partial charge in [-0.3, -0.25) is 9.59 Å². The van der Waals surface area contributed by atoms with Gasteiger partial charge in [-0.05, 0) is 48.4 Å². The number of carbonyl (C=O) groups is 2. The largest absolute Gasteiger partial charge is 0.507 e.